The molecule has 0 unspecified atom stereocenters. The van der Waals surface area contributed by atoms with Gasteiger partial charge in [0.2, 0.25) is 5.91 Å². The highest BCUT2D eigenvalue weighted by Gasteiger charge is 2.26. The summed E-state index contributed by atoms with van der Waals surface area (Å²) < 4.78 is 7.77. The lowest BCUT2D eigenvalue weighted by atomic mass is 10.0. The Morgan fingerprint density at radius 3 is 3.04 bits per heavy atom. The van der Waals surface area contributed by atoms with Crippen molar-refractivity contribution in [3.8, 4) is 0 Å². The molecule has 1 aromatic heterocycles. The van der Waals surface area contributed by atoms with Gasteiger partial charge in [-0.25, -0.2) is 0 Å². The van der Waals surface area contributed by atoms with E-state index in [1.165, 1.54) is 0 Å². The first kappa shape index (κ1) is 18.8. The van der Waals surface area contributed by atoms with Crippen molar-refractivity contribution >= 4 is 5.91 Å². The van der Waals surface area contributed by atoms with Gasteiger partial charge in [-0.2, -0.15) is 0 Å². The molecule has 2 rings (SSSR count). The van der Waals surface area contributed by atoms with Crippen LogP contribution in [0.25, 0.3) is 0 Å². The first-order chi connectivity index (χ1) is 11.5. The van der Waals surface area contributed by atoms with Crippen LogP contribution in [0.4, 0.5) is 0 Å². The molecule has 3 atom stereocenters. The predicted molar refractivity (Wildman–Crippen MR) is 89.2 cm³/mol. The molecule has 0 spiro atoms. The van der Waals surface area contributed by atoms with Gasteiger partial charge in [0.25, 0.3) is 0 Å². The van der Waals surface area contributed by atoms with Gasteiger partial charge in [0.15, 0.2) is 0 Å². The average molecular weight is 339 g/mol. The van der Waals surface area contributed by atoms with Gasteiger partial charge in [-0.3, -0.25) is 9.48 Å². The maximum atomic E-state index is 12.6. The number of amides is 1. The molecule has 0 aliphatic carbocycles. The summed E-state index contributed by atoms with van der Waals surface area (Å²) in [5.74, 6) is 0.192. The number of ether oxygens (including phenoxy) is 1. The molecular weight excluding hydrogens is 310 g/mol. The van der Waals surface area contributed by atoms with Gasteiger partial charge < -0.3 is 20.1 Å². The number of hydrogen-bond acceptors (Lipinski definition) is 6. The van der Waals surface area contributed by atoms with Crippen molar-refractivity contribution in [1.29, 1.82) is 0 Å². The SMILES string of the molecule is CNC[C@@H]1OCc2cn(nn2)CCCC(=O)N([C@@H](C)CO)C[C@@H]1C. The fourth-order valence-electron chi connectivity index (χ4n) is 2.92. The van der Waals surface area contributed by atoms with Crippen molar-refractivity contribution in [2.75, 3.05) is 26.7 Å². The summed E-state index contributed by atoms with van der Waals surface area (Å²) in [6.07, 6.45) is 2.95. The molecule has 8 nitrogen and oxygen atoms in total. The summed E-state index contributed by atoms with van der Waals surface area (Å²) in [5, 5.41) is 20.8. The maximum Gasteiger partial charge on any atom is 0.222 e. The van der Waals surface area contributed by atoms with Crippen LogP contribution in [-0.2, 0) is 22.7 Å². The number of aliphatic hydroxyl groups is 1. The largest absolute Gasteiger partial charge is 0.394 e. The molecule has 0 radical (unpaired) electrons. The second-order valence-electron chi connectivity index (χ2n) is 6.54. The van der Waals surface area contributed by atoms with Crippen molar-refractivity contribution in [1.82, 2.24) is 25.2 Å². The van der Waals surface area contributed by atoms with Gasteiger partial charge in [-0.05, 0) is 20.4 Å². The highest BCUT2D eigenvalue weighted by Crippen LogP contribution is 2.16. The zero-order valence-corrected chi connectivity index (χ0v) is 14.8. The number of carbonyl (C=O) groups excluding carboxylic acids is 1. The van der Waals surface area contributed by atoms with Crippen LogP contribution in [0.15, 0.2) is 6.20 Å². The third-order valence-electron chi connectivity index (χ3n) is 4.45. The molecule has 136 valence electrons. The van der Waals surface area contributed by atoms with Gasteiger partial charge in [0.05, 0.1) is 31.6 Å². The zero-order chi connectivity index (χ0) is 17.5. The van der Waals surface area contributed by atoms with E-state index >= 15 is 0 Å². The fraction of sp³-hybridized carbons (Fsp3) is 0.812. The minimum absolute atomic E-state index is 0.0396. The third-order valence-corrected chi connectivity index (χ3v) is 4.45. The average Bonchev–Trinajstić information content (AvgIpc) is 3.02. The molecule has 1 aliphatic heterocycles. The number of rotatable bonds is 4. The van der Waals surface area contributed by atoms with Crippen molar-refractivity contribution in [2.24, 2.45) is 5.92 Å². The molecule has 0 saturated carbocycles. The lowest BCUT2D eigenvalue weighted by Gasteiger charge is -2.33. The van der Waals surface area contributed by atoms with E-state index in [2.05, 4.69) is 22.6 Å². The summed E-state index contributed by atoms with van der Waals surface area (Å²) in [6.45, 7) is 6.21. The first-order valence-corrected chi connectivity index (χ1v) is 8.60. The van der Waals surface area contributed by atoms with Crippen LogP contribution in [0.5, 0.6) is 0 Å². The molecule has 2 N–H and O–H groups in total. The topological polar surface area (TPSA) is 92.5 Å². The molecule has 8 heteroatoms. The molecule has 1 aliphatic rings. The monoisotopic (exact) mass is 339 g/mol. The molecule has 2 bridgehead atoms. The number of carbonyl (C=O) groups is 1. The molecule has 0 aromatic carbocycles. The first-order valence-electron chi connectivity index (χ1n) is 8.60. The Labute approximate surface area is 143 Å². The van der Waals surface area contributed by atoms with Gasteiger partial charge in [-0.15, -0.1) is 5.10 Å². The number of nitrogens with one attached hydrogen (secondary N) is 1. The number of aromatic nitrogens is 3. The summed E-state index contributed by atoms with van der Waals surface area (Å²) >= 11 is 0. The van der Waals surface area contributed by atoms with Crippen molar-refractivity contribution in [3.63, 3.8) is 0 Å². The van der Waals surface area contributed by atoms with E-state index in [1.54, 1.807) is 9.58 Å². The second kappa shape index (κ2) is 9.10. The highest BCUT2D eigenvalue weighted by atomic mass is 16.5. The summed E-state index contributed by atoms with van der Waals surface area (Å²) in [6, 6.07) is -0.197. The lowest BCUT2D eigenvalue weighted by Crippen LogP contribution is -2.46. The van der Waals surface area contributed by atoms with Gasteiger partial charge in [-0.1, -0.05) is 12.1 Å². The Morgan fingerprint density at radius 1 is 1.54 bits per heavy atom. The minimum Gasteiger partial charge on any atom is -0.394 e. The second-order valence-corrected chi connectivity index (χ2v) is 6.54. The van der Waals surface area contributed by atoms with Crippen LogP contribution < -0.4 is 5.32 Å². The van der Waals surface area contributed by atoms with Crippen LogP contribution in [0.2, 0.25) is 0 Å². The van der Waals surface area contributed by atoms with E-state index in [1.807, 2.05) is 20.2 Å². The normalized spacial score (nSPS) is 24.8. The number of fused-ring (bicyclic) bond motifs is 2. The van der Waals surface area contributed by atoms with Gasteiger partial charge in [0, 0.05) is 32.0 Å². The van der Waals surface area contributed by atoms with Crippen LogP contribution in [0, 0.1) is 5.92 Å². The maximum absolute atomic E-state index is 12.6. The third kappa shape index (κ3) is 4.99. The molecule has 1 aromatic rings. The smallest absolute Gasteiger partial charge is 0.222 e. The Bertz CT molecular complexity index is 522. The summed E-state index contributed by atoms with van der Waals surface area (Å²) in [7, 11) is 1.88. The van der Waals surface area contributed by atoms with Crippen molar-refractivity contribution < 1.29 is 14.6 Å². The van der Waals surface area contributed by atoms with E-state index in [-0.39, 0.29) is 30.6 Å². The molecule has 0 saturated heterocycles. The van der Waals surface area contributed by atoms with Crippen LogP contribution >= 0.6 is 0 Å². The molecule has 24 heavy (non-hydrogen) atoms. The predicted octanol–water partition coefficient (Wildman–Crippen LogP) is 0.0220. The molecular formula is C16H29N5O3. The Balaban J connectivity index is 2.18. The Morgan fingerprint density at radius 2 is 2.33 bits per heavy atom. The van der Waals surface area contributed by atoms with Gasteiger partial charge in [0.1, 0.15) is 5.69 Å². The van der Waals surface area contributed by atoms with Crippen molar-refractivity contribution in [3.05, 3.63) is 11.9 Å². The lowest BCUT2D eigenvalue weighted by molar-refractivity contribution is -0.136. The number of hydrogen-bond donors (Lipinski definition) is 2. The highest BCUT2D eigenvalue weighted by molar-refractivity contribution is 5.76. The minimum atomic E-state index is -0.197. The Kier molecular flexibility index (Phi) is 7.14. The van der Waals surface area contributed by atoms with E-state index in [0.717, 1.165) is 5.69 Å². The van der Waals surface area contributed by atoms with Crippen LogP contribution in [0.1, 0.15) is 32.4 Å². The van der Waals surface area contributed by atoms with Crippen LogP contribution in [0.3, 0.4) is 0 Å². The van der Waals surface area contributed by atoms with E-state index < -0.39 is 0 Å². The molecule has 0 fully saturated rings. The van der Waals surface area contributed by atoms with E-state index in [4.69, 9.17) is 4.74 Å². The van der Waals surface area contributed by atoms with Crippen LogP contribution in [-0.4, -0.2) is 69.8 Å². The summed E-state index contributed by atoms with van der Waals surface area (Å²) in [5.41, 5.74) is 0.800. The number of likely N-dealkylation sites (N-methyl/N-ethyl adjacent to an activating group) is 1. The standard InChI is InChI=1S/C16H29N5O3/c1-12-8-21(13(2)10-22)16(23)5-4-6-20-9-14(18-19-20)11-24-15(12)7-17-3/h9,12-13,15,17,22H,4-8,10-11H2,1-3H3/t12-,13-,15-/m0/s1. The fourth-order valence-corrected chi connectivity index (χ4v) is 2.92. The van der Waals surface area contributed by atoms with E-state index in [9.17, 15) is 9.90 Å². The number of aryl methyl sites for hydroxylation is 1. The number of nitrogens with zero attached hydrogens (tertiary/aromatic N) is 4. The zero-order valence-electron chi connectivity index (χ0n) is 14.8. The Hall–Kier alpha value is -1.51. The summed E-state index contributed by atoms with van der Waals surface area (Å²) in [4.78, 5) is 14.4. The molecule has 2 heterocycles. The quantitative estimate of drug-likeness (QED) is 0.804. The molecule has 1 amide bonds. The van der Waals surface area contributed by atoms with Crippen molar-refractivity contribution in [2.45, 2.75) is 52.0 Å². The number of aliphatic hydroxyl groups excluding tert-OH is 1. The van der Waals surface area contributed by atoms with Gasteiger partial charge >= 0.3 is 0 Å². The van der Waals surface area contributed by atoms with E-state index in [0.29, 0.717) is 39.1 Å².